The fourth-order valence-corrected chi connectivity index (χ4v) is 1.67. The van der Waals surface area contributed by atoms with Gasteiger partial charge in [0.05, 0.1) is 0 Å². The van der Waals surface area contributed by atoms with Crippen molar-refractivity contribution in [1.29, 1.82) is 0 Å². The van der Waals surface area contributed by atoms with E-state index in [1.165, 1.54) is 25.2 Å². The fraction of sp³-hybridized carbons (Fsp3) is 0.364. The summed E-state index contributed by atoms with van der Waals surface area (Å²) in [5, 5.41) is 11.5. The van der Waals surface area contributed by atoms with Crippen LogP contribution in [-0.4, -0.2) is 30.5 Å². The molecule has 98 valence electrons. The van der Waals surface area contributed by atoms with Gasteiger partial charge in [0.1, 0.15) is 6.04 Å². The molecule has 1 heterocycles. The van der Waals surface area contributed by atoms with Gasteiger partial charge in [0.2, 0.25) is 0 Å². The average molecular weight is 259 g/mol. The quantitative estimate of drug-likeness (QED) is 0.851. The van der Waals surface area contributed by atoms with Crippen LogP contribution in [0.25, 0.3) is 0 Å². The molecule has 0 spiro atoms. The third-order valence-electron chi connectivity index (χ3n) is 2.55. The van der Waals surface area contributed by atoms with Crippen molar-refractivity contribution in [3.05, 3.63) is 23.8 Å². The number of halogens is 2. The van der Waals surface area contributed by atoms with Gasteiger partial charge in [0.25, 0.3) is 0 Å². The monoisotopic (exact) mass is 259 g/mol. The molecule has 0 saturated heterocycles. The minimum Gasteiger partial charge on any atom is -0.480 e. The van der Waals surface area contributed by atoms with Gasteiger partial charge in [-0.3, -0.25) is 4.79 Å². The summed E-state index contributed by atoms with van der Waals surface area (Å²) in [6.45, 7) is 0. The molecule has 18 heavy (non-hydrogen) atoms. The lowest BCUT2D eigenvalue weighted by Gasteiger charge is -2.11. The van der Waals surface area contributed by atoms with Crippen molar-refractivity contribution in [1.82, 2.24) is 5.32 Å². The number of likely N-dealkylation sites (N-methyl/N-ethyl adjacent to an activating group) is 1. The van der Waals surface area contributed by atoms with Gasteiger partial charge in [0, 0.05) is 0 Å². The Bertz CT molecular complexity index is 478. The van der Waals surface area contributed by atoms with Crippen molar-refractivity contribution in [3.8, 4) is 11.5 Å². The second kappa shape index (κ2) is 4.41. The topological polar surface area (TPSA) is 67.8 Å². The molecule has 0 radical (unpaired) electrons. The summed E-state index contributed by atoms with van der Waals surface area (Å²) in [5.74, 6) is -1.15. The highest BCUT2D eigenvalue weighted by molar-refractivity contribution is 5.73. The van der Waals surface area contributed by atoms with Crippen LogP contribution in [0.15, 0.2) is 18.2 Å². The average Bonchev–Trinajstić information content (AvgIpc) is 2.58. The van der Waals surface area contributed by atoms with Crippen LogP contribution in [0.5, 0.6) is 11.5 Å². The summed E-state index contributed by atoms with van der Waals surface area (Å²) < 4.78 is 34.1. The minimum atomic E-state index is -3.66. The normalized spacial score (nSPS) is 17.5. The number of hydrogen-bond acceptors (Lipinski definition) is 4. The first-order valence-corrected chi connectivity index (χ1v) is 5.20. The predicted octanol–water partition coefficient (Wildman–Crippen LogP) is 1.22. The maximum Gasteiger partial charge on any atom is 0.586 e. The number of alkyl halides is 2. The molecule has 0 amide bonds. The zero-order chi connectivity index (χ0) is 13.3. The third kappa shape index (κ3) is 2.51. The SMILES string of the molecule is CNC(Cc1ccc2c(c1)OC(F)(F)O2)C(=O)O. The fourth-order valence-electron chi connectivity index (χ4n) is 1.67. The molecule has 0 saturated carbocycles. The number of ether oxygens (including phenoxy) is 2. The van der Waals surface area contributed by atoms with E-state index in [4.69, 9.17) is 5.11 Å². The van der Waals surface area contributed by atoms with Crippen LogP contribution in [0.3, 0.4) is 0 Å². The Morgan fingerprint density at radius 1 is 1.44 bits per heavy atom. The molecule has 0 fully saturated rings. The van der Waals surface area contributed by atoms with Crippen molar-refractivity contribution in [3.63, 3.8) is 0 Å². The largest absolute Gasteiger partial charge is 0.586 e. The first kappa shape index (κ1) is 12.6. The highest BCUT2D eigenvalue weighted by Gasteiger charge is 2.43. The highest BCUT2D eigenvalue weighted by atomic mass is 19.3. The maximum absolute atomic E-state index is 12.8. The number of hydrogen-bond donors (Lipinski definition) is 2. The summed E-state index contributed by atoms with van der Waals surface area (Å²) in [6.07, 6.45) is -3.50. The van der Waals surface area contributed by atoms with Gasteiger partial charge < -0.3 is 19.9 Å². The van der Waals surface area contributed by atoms with Crippen LogP contribution in [0.2, 0.25) is 0 Å². The Kier molecular flexibility index (Phi) is 3.08. The lowest BCUT2D eigenvalue weighted by Crippen LogP contribution is -2.35. The van der Waals surface area contributed by atoms with Crippen LogP contribution in [0.4, 0.5) is 8.78 Å². The summed E-state index contributed by atoms with van der Waals surface area (Å²) in [6, 6.07) is 3.42. The number of nitrogens with one attached hydrogen (secondary N) is 1. The number of carboxylic acid groups (broad SMARTS) is 1. The summed E-state index contributed by atoms with van der Waals surface area (Å²) in [4.78, 5) is 10.8. The van der Waals surface area contributed by atoms with Crippen molar-refractivity contribution in [2.24, 2.45) is 0 Å². The zero-order valence-electron chi connectivity index (χ0n) is 9.44. The van der Waals surface area contributed by atoms with Gasteiger partial charge >= 0.3 is 12.3 Å². The second-order valence-corrected chi connectivity index (χ2v) is 3.83. The van der Waals surface area contributed by atoms with E-state index in [-0.39, 0.29) is 17.9 Å². The molecule has 1 aliphatic rings. The Hall–Kier alpha value is -1.89. The molecule has 0 bridgehead atoms. The standard InChI is InChI=1S/C11H11F2NO4/c1-14-7(10(15)16)4-6-2-3-8-9(5-6)18-11(12,13)17-8/h2-3,5,7,14H,4H2,1H3,(H,15,16). The van der Waals surface area contributed by atoms with E-state index in [0.717, 1.165) is 0 Å². The lowest BCUT2D eigenvalue weighted by atomic mass is 10.1. The summed E-state index contributed by atoms with van der Waals surface area (Å²) in [7, 11) is 1.51. The number of aliphatic carboxylic acids is 1. The highest BCUT2D eigenvalue weighted by Crippen LogP contribution is 2.41. The Morgan fingerprint density at radius 2 is 2.11 bits per heavy atom. The summed E-state index contributed by atoms with van der Waals surface area (Å²) in [5.41, 5.74) is 0.566. The summed E-state index contributed by atoms with van der Waals surface area (Å²) >= 11 is 0. The van der Waals surface area contributed by atoms with Gasteiger partial charge in [-0.05, 0) is 31.2 Å². The molecule has 5 nitrogen and oxygen atoms in total. The molecule has 1 unspecified atom stereocenters. The van der Waals surface area contributed by atoms with E-state index in [1.807, 2.05) is 0 Å². The number of rotatable bonds is 4. The molecule has 2 rings (SSSR count). The molecular formula is C11H11F2NO4. The number of fused-ring (bicyclic) bond motifs is 1. The second-order valence-electron chi connectivity index (χ2n) is 3.83. The smallest absolute Gasteiger partial charge is 0.480 e. The Balaban J connectivity index is 2.16. The van der Waals surface area contributed by atoms with Crippen molar-refractivity contribution in [2.75, 3.05) is 7.05 Å². The number of benzene rings is 1. The van der Waals surface area contributed by atoms with Crippen molar-refractivity contribution >= 4 is 5.97 Å². The number of carboxylic acids is 1. The molecule has 7 heteroatoms. The van der Waals surface area contributed by atoms with E-state index >= 15 is 0 Å². The van der Waals surface area contributed by atoms with Crippen LogP contribution >= 0.6 is 0 Å². The van der Waals surface area contributed by atoms with Gasteiger partial charge in [-0.2, -0.15) is 0 Å². The maximum atomic E-state index is 12.8. The van der Waals surface area contributed by atoms with E-state index in [2.05, 4.69) is 14.8 Å². The van der Waals surface area contributed by atoms with Crippen LogP contribution < -0.4 is 14.8 Å². The molecule has 2 N–H and O–H groups in total. The van der Waals surface area contributed by atoms with Crippen LogP contribution in [0, 0.1) is 0 Å². The van der Waals surface area contributed by atoms with E-state index < -0.39 is 18.3 Å². The van der Waals surface area contributed by atoms with Gasteiger partial charge in [0.15, 0.2) is 11.5 Å². The van der Waals surface area contributed by atoms with Crippen LogP contribution in [-0.2, 0) is 11.2 Å². The van der Waals surface area contributed by atoms with Crippen molar-refractivity contribution < 1.29 is 28.2 Å². The minimum absolute atomic E-state index is 0.0555. The predicted molar refractivity (Wildman–Crippen MR) is 56.8 cm³/mol. The molecule has 0 aliphatic carbocycles. The van der Waals surface area contributed by atoms with Gasteiger partial charge in [-0.15, -0.1) is 8.78 Å². The van der Waals surface area contributed by atoms with E-state index in [9.17, 15) is 13.6 Å². The Labute approximate surface area is 101 Å². The first-order valence-electron chi connectivity index (χ1n) is 5.20. The van der Waals surface area contributed by atoms with Crippen LogP contribution in [0.1, 0.15) is 5.56 Å². The lowest BCUT2D eigenvalue weighted by molar-refractivity contribution is -0.286. The molecule has 1 atom stereocenters. The van der Waals surface area contributed by atoms with E-state index in [1.54, 1.807) is 0 Å². The Morgan fingerprint density at radius 3 is 2.72 bits per heavy atom. The van der Waals surface area contributed by atoms with Gasteiger partial charge in [-0.1, -0.05) is 6.07 Å². The third-order valence-corrected chi connectivity index (χ3v) is 2.55. The molecular weight excluding hydrogens is 248 g/mol. The molecule has 1 aliphatic heterocycles. The van der Waals surface area contributed by atoms with E-state index in [0.29, 0.717) is 5.56 Å². The molecule has 0 aromatic heterocycles. The van der Waals surface area contributed by atoms with Gasteiger partial charge in [-0.25, -0.2) is 0 Å². The molecule has 1 aromatic carbocycles. The number of carbonyl (C=O) groups is 1. The first-order chi connectivity index (χ1) is 8.41. The molecule has 1 aromatic rings. The zero-order valence-corrected chi connectivity index (χ0v) is 9.44. The van der Waals surface area contributed by atoms with Crippen molar-refractivity contribution in [2.45, 2.75) is 18.8 Å².